The Labute approximate surface area is 97.0 Å². The fraction of sp³-hybridized carbons (Fsp3) is 0.818. The molecule has 0 aromatic carbocycles. The first-order valence-electron chi connectivity index (χ1n) is 5.44. The Balaban J connectivity index is 0.000000548. The van der Waals surface area contributed by atoms with Gasteiger partial charge in [-0.25, -0.2) is 0 Å². The zero-order valence-electron chi connectivity index (χ0n) is 9.49. The number of esters is 1. The van der Waals surface area contributed by atoms with Crippen molar-refractivity contribution in [2.45, 2.75) is 51.2 Å². The van der Waals surface area contributed by atoms with Gasteiger partial charge in [-0.2, -0.15) is 12.6 Å². The van der Waals surface area contributed by atoms with E-state index in [2.05, 4.69) is 12.6 Å². The van der Waals surface area contributed by atoms with Gasteiger partial charge < -0.3 is 4.74 Å². The molecule has 15 heavy (non-hydrogen) atoms. The highest BCUT2D eigenvalue weighted by Gasteiger charge is 2.13. The number of hydrogen-bond donors (Lipinski definition) is 1. The Hall–Kier alpha value is -0.510. The summed E-state index contributed by atoms with van der Waals surface area (Å²) in [6.07, 6.45) is 5.11. The van der Waals surface area contributed by atoms with Crippen LogP contribution in [0, 0.1) is 0 Å². The molecule has 3 nitrogen and oxygen atoms in total. The van der Waals surface area contributed by atoms with Crippen LogP contribution in [0.2, 0.25) is 0 Å². The normalized spacial score (nSPS) is 14.6. The van der Waals surface area contributed by atoms with Crippen molar-refractivity contribution in [3.8, 4) is 0 Å². The molecule has 1 rings (SSSR count). The molecule has 0 aromatic rings. The molecule has 4 heteroatoms. The summed E-state index contributed by atoms with van der Waals surface area (Å²) < 4.78 is 4.72. The zero-order valence-corrected chi connectivity index (χ0v) is 10.4. The number of carbonyl (C=O) groups excluding carboxylic acids is 2. The lowest BCUT2D eigenvalue weighted by Gasteiger charge is -2.03. The van der Waals surface area contributed by atoms with E-state index in [4.69, 9.17) is 4.74 Å². The lowest BCUT2D eigenvalue weighted by Crippen LogP contribution is -2.17. The fourth-order valence-electron chi connectivity index (χ4n) is 0.557. The number of ketones is 1. The Morgan fingerprint density at radius 2 is 1.87 bits per heavy atom. The number of Topliss-reactive ketones (excluding diaryl/α,β-unsaturated/α-hetero) is 1. The smallest absolute Gasteiger partial charge is 0.313 e. The number of carbonyl (C=O) groups is 2. The van der Waals surface area contributed by atoms with E-state index >= 15 is 0 Å². The molecule has 1 saturated carbocycles. The molecule has 0 heterocycles. The van der Waals surface area contributed by atoms with E-state index < -0.39 is 5.97 Å². The van der Waals surface area contributed by atoms with Crippen molar-refractivity contribution in [3.63, 3.8) is 0 Å². The first-order valence-corrected chi connectivity index (χ1v) is 5.96. The van der Waals surface area contributed by atoms with Gasteiger partial charge in [0.1, 0.15) is 6.42 Å². The molecule has 88 valence electrons. The molecule has 1 unspecified atom stereocenters. The van der Waals surface area contributed by atoms with Gasteiger partial charge in [0, 0.05) is 0 Å². The van der Waals surface area contributed by atoms with Crippen LogP contribution in [0.25, 0.3) is 0 Å². The standard InChI is InChI=1S/C8H14O3S.C3H6/c1-3-4-11-8(10)5-7(9)6(2)12;1-2-3-1/h6,12H,3-5H2,1-2H3;1-3H2. The maximum absolute atomic E-state index is 10.9. The van der Waals surface area contributed by atoms with E-state index in [1.54, 1.807) is 6.92 Å². The van der Waals surface area contributed by atoms with E-state index in [0.29, 0.717) is 6.61 Å². The van der Waals surface area contributed by atoms with Crippen LogP contribution in [-0.4, -0.2) is 23.6 Å². The van der Waals surface area contributed by atoms with E-state index in [1.807, 2.05) is 6.92 Å². The van der Waals surface area contributed by atoms with Crippen molar-refractivity contribution in [2.24, 2.45) is 0 Å². The fourth-order valence-corrected chi connectivity index (χ4v) is 0.648. The highest BCUT2D eigenvalue weighted by atomic mass is 32.1. The van der Waals surface area contributed by atoms with Gasteiger partial charge in [0.05, 0.1) is 11.9 Å². The molecular formula is C11H20O3S. The van der Waals surface area contributed by atoms with Crippen molar-refractivity contribution >= 4 is 24.4 Å². The third-order valence-electron chi connectivity index (χ3n) is 1.61. The molecule has 1 aliphatic rings. The second kappa shape index (κ2) is 8.77. The molecule has 0 aliphatic heterocycles. The monoisotopic (exact) mass is 232 g/mol. The van der Waals surface area contributed by atoms with Crippen LogP contribution in [0.1, 0.15) is 46.0 Å². The highest BCUT2D eigenvalue weighted by molar-refractivity contribution is 7.81. The van der Waals surface area contributed by atoms with Crippen molar-refractivity contribution in [2.75, 3.05) is 6.61 Å². The average Bonchev–Trinajstić information content (AvgIpc) is 3.01. The minimum absolute atomic E-state index is 0.162. The second-order valence-electron chi connectivity index (χ2n) is 3.60. The van der Waals surface area contributed by atoms with Gasteiger partial charge in [-0.15, -0.1) is 0 Å². The van der Waals surface area contributed by atoms with Crippen LogP contribution < -0.4 is 0 Å². The Kier molecular flexibility index (Phi) is 8.47. The Morgan fingerprint density at radius 1 is 1.33 bits per heavy atom. The predicted molar refractivity (Wildman–Crippen MR) is 63.2 cm³/mol. The first kappa shape index (κ1) is 14.5. The molecule has 0 amide bonds. The molecule has 1 fully saturated rings. The van der Waals surface area contributed by atoms with Gasteiger partial charge in [0.15, 0.2) is 5.78 Å². The summed E-state index contributed by atoms with van der Waals surface area (Å²) >= 11 is 3.90. The summed E-state index contributed by atoms with van der Waals surface area (Å²) in [6, 6.07) is 0. The van der Waals surface area contributed by atoms with Crippen molar-refractivity contribution < 1.29 is 14.3 Å². The molecule has 0 aromatic heterocycles. The van der Waals surface area contributed by atoms with Crippen LogP contribution in [-0.2, 0) is 14.3 Å². The van der Waals surface area contributed by atoms with Crippen LogP contribution in [0.5, 0.6) is 0 Å². The Morgan fingerprint density at radius 3 is 2.20 bits per heavy atom. The molecule has 0 N–H and O–H groups in total. The predicted octanol–water partition coefficient (Wildman–Crippen LogP) is 2.39. The summed E-state index contributed by atoms with van der Waals surface area (Å²) in [5, 5.41) is -0.390. The summed E-state index contributed by atoms with van der Waals surface area (Å²) in [5.74, 6) is -0.651. The minimum Gasteiger partial charge on any atom is -0.465 e. The van der Waals surface area contributed by atoms with Crippen LogP contribution >= 0.6 is 12.6 Å². The first-order chi connectivity index (χ1) is 7.07. The summed E-state index contributed by atoms with van der Waals surface area (Å²) in [4.78, 5) is 21.8. The lowest BCUT2D eigenvalue weighted by atomic mass is 10.2. The largest absolute Gasteiger partial charge is 0.465 e. The van der Waals surface area contributed by atoms with Crippen molar-refractivity contribution in [1.29, 1.82) is 0 Å². The van der Waals surface area contributed by atoms with Crippen molar-refractivity contribution in [3.05, 3.63) is 0 Å². The topological polar surface area (TPSA) is 43.4 Å². The van der Waals surface area contributed by atoms with E-state index in [-0.39, 0.29) is 17.5 Å². The van der Waals surface area contributed by atoms with Crippen LogP contribution in [0.4, 0.5) is 0 Å². The van der Waals surface area contributed by atoms with Gasteiger partial charge in [0.2, 0.25) is 0 Å². The van der Waals surface area contributed by atoms with Gasteiger partial charge in [-0.3, -0.25) is 9.59 Å². The van der Waals surface area contributed by atoms with E-state index in [9.17, 15) is 9.59 Å². The average molecular weight is 232 g/mol. The van der Waals surface area contributed by atoms with Crippen LogP contribution in [0.3, 0.4) is 0 Å². The van der Waals surface area contributed by atoms with Gasteiger partial charge in [0.25, 0.3) is 0 Å². The van der Waals surface area contributed by atoms with E-state index in [0.717, 1.165) is 6.42 Å². The van der Waals surface area contributed by atoms with Crippen molar-refractivity contribution in [1.82, 2.24) is 0 Å². The highest BCUT2D eigenvalue weighted by Crippen LogP contribution is 2.14. The number of thiol groups is 1. The molecule has 0 bridgehead atoms. The molecular weight excluding hydrogens is 212 g/mol. The lowest BCUT2D eigenvalue weighted by molar-refractivity contribution is -0.145. The molecule has 0 saturated heterocycles. The van der Waals surface area contributed by atoms with Gasteiger partial charge >= 0.3 is 5.97 Å². The quantitative estimate of drug-likeness (QED) is 0.449. The Bertz CT molecular complexity index is 197. The molecule has 0 spiro atoms. The molecule has 0 radical (unpaired) electrons. The van der Waals surface area contributed by atoms with Gasteiger partial charge in [-0.1, -0.05) is 26.2 Å². The summed E-state index contributed by atoms with van der Waals surface area (Å²) in [5.41, 5.74) is 0. The maximum Gasteiger partial charge on any atom is 0.313 e. The number of hydrogen-bond acceptors (Lipinski definition) is 4. The maximum atomic E-state index is 10.9. The summed E-state index contributed by atoms with van der Waals surface area (Å²) in [6.45, 7) is 3.92. The number of rotatable bonds is 5. The SMILES string of the molecule is C1CC1.CCCOC(=O)CC(=O)C(C)S. The molecule has 1 atom stereocenters. The summed E-state index contributed by atoms with van der Waals surface area (Å²) in [7, 11) is 0. The van der Waals surface area contributed by atoms with Crippen LogP contribution in [0.15, 0.2) is 0 Å². The second-order valence-corrected chi connectivity index (χ2v) is 4.37. The van der Waals surface area contributed by atoms with E-state index in [1.165, 1.54) is 19.3 Å². The minimum atomic E-state index is -0.456. The third kappa shape index (κ3) is 11.4. The van der Waals surface area contributed by atoms with Gasteiger partial charge in [-0.05, 0) is 13.3 Å². The third-order valence-corrected chi connectivity index (χ3v) is 1.89. The molecule has 1 aliphatic carbocycles. The zero-order chi connectivity index (χ0) is 11.7. The number of ether oxygens (including phenoxy) is 1.